The molecule has 6 heteroatoms. The number of nitrogens with zero attached hydrogens (tertiary/aromatic N) is 2. The molecule has 0 spiro atoms. The van der Waals surface area contributed by atoms with Gasteiger partial charge in [0.05, 0.1) is 29.4 Å². The molecule has 28 heavy (non-hydrogen) atoms. The van der Waals surface area contributed by atoms with Gasteiger partial charge < -0.3 is 15.4 Å². The molecule has 1 amide bonds. The van der Waals surface area contributed by atoms with E-state index >= 15 is 0 Å². The highest BCUT2D eigenvalue weighted by Crippen LogP contribution is 2.33. The third-order valence-corrected chi connectivity index (χ3v) is 5.01. The van der Waals surface area contributed by atoms with Crippen LogP contribution < -0.4 is 10.6 Å². The van der Waals surface area contributed by atoms with Gasteiger partial charge in [0, 0.05) is 18.7 Å². The summed E-state index contributed by atoms with van der Waals surface area (Å²) in [6, 6.07) is 12.0. The van der Waals surface area contributed by atoms with Crippen LogP contribution in [0.3, 0.4) is 0 Å². The van der Waals surface area contributed by atoms with E-state index in [4.69, 9.17) is 4.74 Å². The number of carbonyl (C=O) groups excluding carboxylic acids is 1. The minimum absolute atomic E-state index is 0.00452. The van der Waals surface area contributed by atoms with Crippen LogP contribution in [0.4, 0.5) is 5.95 Å². The number of rotatable bonds is 6. The van der Waals surface area contributed by atoms with Gasteiger partial charge in [-0.3, -0.25) is 4.79 Å². The molecule has 1 aromatic carbocycles. The van der Waals surface area contributed by atoms with E-state index in [9.17, 15) is 4.79 Å². The summed E-state index contributed by atoms with van der Waals surface area (Å²) in [5.74, 6) is 0.209. The third-order valence-electron chi connectivity index (χ3n) is 5.01. The Bertz CT molecular complexity index is 804. The lowest BCUT2D eigenvalue weighted by Gasteiger charge is -2.30. The van der Waals surface area contributed by atoms with E-state index in [0.717, 1.165) is 11.3 Å². The monoisotopic (exact) mass is 382 g/mol. The Morgan fingerprint density at radius 1 is 1.18 bits per heavy atom. The molecular formula is C22H30N4O2. The van der Waals surface area contributed by atoms with Crippen LogP contribution in [0.2, 0.25) is 0 Å². The van der Waals surface area contributed by atoms with Gasteiger partial charge in [0.1, 0.15) is 0 Å². The molecular weight excluding hydrogens is 352 g/mol. The predicted octanol–water partition coefficient (Wildman–Crippen LogP) is 3.68. The van der Waals surface area contributed by atoms with E-state index in [1.54, 1.807) is 6.20 Å². The number of nitrogens with one attached hydrogen (secondary N) is 2. The number of aromatic nitrogens is 2. The van der Waals surface area contributed by atoms with Gasteiger partial charge in [-0.15, -0.1) is 0 Å². The number of ether oxygens (including phenoxy) is 1. The van der Waals surface area contributed by atoms with Crippen molar-refractivity contribution in [3.63, 3.8) is 0 Å². The van der Waals surface area contributed by atoms with Crippen LogP contribution >= 0.6 is 0 Å². The second-order valence-electron chi connectivity index (χ2n) is 8.40. The zero-order chi connectivity index (χ0) is 20.3. The van der Waals surface area contributed by atoms with Gasteiger partial charge in [-0.2, -0.15) is 0 Å². The molecule has 1 aliphatic heterocycles. The molecule has 2 heterocycles. The first kappa shape index (κ1) is 20.3. The van der Waals surface area contributed by atoms with Crippen molar-refractivity contribution in [3.05, 3.63) is 53.9 Å². The lowest BCUT2D eigenvalue weighted by atomic mass is 9.88. The average molecular weight is 383 g/mol. The van der Waals surface area contributed by atoms with Gasteiger partial charge in [-0.05, 0) is 46.2 Å². The van der Waals surface area contributed by atoms with Crippen molar-refractivity contribution in [2.24, 2.45) is 5.92 Å². The molecule has 0 aliphatic carbocycles. The van der Waals surface area contributed by atoms with E-state index in [0.29, 0.717) is 12.5 Å². The Morgan fingerprint density at radius 3 is 2.57 bits per heavy atom. The smallest absolute Gasteiger partial charge is 0.229 e. The first-order valence-electron chi connectivity index (χ1n) is 9.84. The normalized spacial score (nSPS) is 21.8. The summed E-state index contributed by atoms with van der Waals surface area (Å²) in [6.45, 7) is 10.8. The van der Waals surface area contributed by atoms with Crippen LogP contribution in [-0.4, -0.2) is 34.1 Å². The lowest BCUT2D eigenvalue weighted by molar-refractivity contribution is -0.122. The van der Waals surface area contributed by atoms with Crippen LogP contribution in [0.5, 0.6) is 0 Å². The van der Waals surface area contributed by atoms with Crippen LogP contribution in [0.1, 0.15) is 57.8 Å². The van der Waals surface area contributed by atoms with Crippen molar-refractivity contribution in [2.75, 3.05) is 11.9 Å². The van der Waals surface area contributed by atoms with Crippen molar-refractivity contribution in [1.82, 2.24) is 15.3 Å². The van der Waals surface area contributed by atoms with Crippen LogP contribution in [0.15, 0.2) is 42.6 Å². The highest BCUT2D eigenvalue weighted by Gasteiger charge is 2.41. The Kier molecular flexibility index (Phi) is 5.98. The number of hydrogen-bond donors (Lipinski definition) is 2. The minimum Gasteiger partial charge on any atom is -0.373 e. The maximum absolute atomic E-state index is 12.6. The molecule has 0 bridgehead atoms. The van der Waals surface area contributed by atoms with Gasteiger partial charge in [-0.1, -0.05) is 30.3 Å². The van der Waals surface area contributed by atoms with Crippen molar-refractivity contribution < 1.29 is 9.53 Å². The maximum atomic E-state index is 12.6. The topological polar surface area (TPSA) is 76.1 Å². The summed E-state index contributed by atoms with van der Waals surface area (Å²) in [5, 5.41) is 6.31. The van der Waals surface area contributed by atoms with E-state index in [-0.39, 0.29) is 35.5 Å². The van der Waals surface area contributed by atoms with Crippen molar-refractivity contribution >= 4 is 11.9 Å². The zero-order valence-electron chi connectivity index (χ0n) is 17.3. The van der Waals surface area contributed by atoms with Crippen molar-refractivity contribution in [1.29, 1.82) is 0 Å². The first-order valence-corrected chi connectivity index (χ1v) is 9.84. The zero-order valence-corrected chi connectivity index (χ0v) is 17.3. The quantitative estimate of drug-likeness (QED) is 0.797. The number of amides is 1. The third kappa shape index (κ3) is 4.87. The second kappa shape index (κ2) is 8.27. The fourth-order valence-electron chi connectivity index (χ4n) is 3.71. The number of hydrogen-bond acceptors (Lipinski definition) is 5. The minimum atomic E-state index is -0.340. The molecule has 1 saturated heterocycles. The number of anilines is 1. The molecule has 4 atom stereocenters. The molecule has 6 nitrogen and oxygen atoms in total. The fraction of sp³-hybridized carbons (Fsp3) is 0.500. The van der Waals surface area contributed by atoms with Gasteiger partial charge in [-0.25, -0.2) is 9.97 Å². The molecule has 0 saturated carbocycles. The summed E-state index contributed by atoms with van der Waals surface area (Å²) in [4.78, 5) is 21.6. The maximum Gasteiger partial charge on any atom is 0.229 e. The summed E-state index contributed by atoms with van der Waals surface area (Å²) >= 11 is 0. The molecule has 0 radical (unpaired) electrons. The number of carbonyl (C=O) groups is 1. The molecule has 1 fully saturated rings. The summed E-state index contributed by atoms with van der Waals surface area (Å²) in [6.07, 6.45) is 1.64. The van der Waals surface area contributed by atoms with Gasteiger partial charge in [0.2, 0.25) is 11.9 Å². The Balaban J connectivity index is 1.78. The van der Waals surface area contributed by atoms with Crippen LogP contribution in [0, 0.1) is 5.92 Å². The van der Waals surface area contributed by atoms with Gasteiger partial charge in [0.25, 0.3) is 0 Å². The first-order chi connectivity index (χ1) is 13.2. The largest absolute Gasteiger partial charge is 0.373 e. The SMILES string of the molecule is C[C@H](Nc1nccc([C@@H]2C(=O)NCC2[C@@H](C)OC(C)(C)C)n1)c1ccccc1. The Morgan fingerprint density at radius 2 is 1.89 bits per heavy atom. The summed E-state index contributed by atoms with van der Waals surface area (Å²) < 4.78 is 6.12. The van der Waals surface area contributed by atoms with Crippen LogP contribution in [0.25, 0.3) is 0 Å². The highest BCUT2D eigenvalue weighted by atomic mass is 16.5. The van der Waals surface area contributed by atoms with Crippen molar-refractivity contribution in [3.8, 4) is 0 Å². The Labute approximate surface area is 167 Å². The van der Waals surface area contributed by atoms with Crippen LogP contribution in [-0.2, 0) is 9.53 Å². The molecule has 150 valence electrons. The van der Waals surface area contributed by atoms with Crippen molar-refractivity contribution in [2.45, 2.75) is 58.3 Å². The fourth-order valence-corrected chi connectivity index (χ4v) is 3.71. The summed E-state index contributed by atoms with van der Waals surface area (Å²) in [5.41, 5.74) is 1.61. The summed E-state index contributed by atoms with van der Waals surface area (Å²) in [7, 11) is 0. The molecule has 1 aliphatic rings. The standard InChI is InChI=1S/C22H30N4O2/c1-14(16-9-7-6-8-10-16)25-21-23-12-11-18(26-21)19-17(13-24-20(19)27)15(2)28-22(3,4)5/h6-12,14-15,17,19H,13H2,1-5H3,(H,24,27)(H,23,25,26)/t14-,15+,17?,19+/m0/s1. The van der Waals surface area contributed by atoms with E-state index < -0.39 is 0 Å². The highest BCUT2D eigenvalue weighted by molar-refractivity contribution is 5.85. The predicted molar refractivity (Wildman–Crippen MR) is 110 cm³/mol. The molecule has 1 aromatic heterocycles. The molecule has 3 rings (SSSR count). The second-order valence-corrected chi connectivity index (χ2v) is 8.40. The van der Waals surface area contributed by atoms with Gasteiger partial charge in [0.15, 0.2) is 0 Å². The van der Waals surface area contributed by atoms with E-state index in [1.807, 2.05) is 52.0 Å². The molecule has 1 unspecified atom stereocenters. The molecule has 2 aromatic rings. The number of benzene rings is 1. The Hall–Kier alpha value is -2.47. The van der Waals surface area contributed by atoms with E-state index in [2.05, 4.69) is 39.7 Å². The lowest BCUT2D eigenvalue weighted by Crippen LogP contribution is -2.34. The molecule has 2 N–H and O–H groups in total. The van der Waals surface area contributed by atoms with E-state index in [1.165, 1.54) is 0 Å². The van der Waals surface area contributed by atoms with Gasteiger partial charge >= 0.3 is 0 Å². The average Bonchev–Trinajstić information content (AvgIpc) is 3.03.